The van der Waals surface area contributed by atoms with Crippen LogP contribution >= 0.6 is 11.8 Å². The van der Waals surface area contributed by atoms with Crippen molar-refractivity contribution in [3.63, 3.8) is 0 Å². The first kappa shape index (κ1) is 24.7. The number of hydrogen-bond acceptors (Lipinski definition) is 4. The van der Waals surface area contributed by atoms with E-state index in [4.69, 9.17) is 5.11 Å². The molecule has 148 valence electrons. The van der Waals surface area contributed by atoms with Crippen LogP contribution in [0.3, 0.4) is 0 Å². The second-order valence-electron chi connectivity index (χ2n) is 6.85. The van der Waals surface area contributed by atoms with Crippen LogP contribution in [-0.2, 0) is 4.79 Å². The minimum atomic E-state index is -0.775. The summed E-state index contributed by atoms with van der Waals surface area (Å²) in [6.45, 7) is 1.99. The van der Waals surface area contributed by atoms with E-state index in [1.807, 2.05) is 0 Å². The average molecular weight is 373 g/mol. The molecule has 0 aliphatic heterocycles. The van der Waals surface area contributed by atoms with E-state index in [0.29, 0.717) is 12.2 Å². The van der Waals surface area contributed by atoms with E-state index >= 15 is 0 Å². The summed E-state index contributed by atoms with van der Waals surface area (Å²) < 4.78 is 0. The summed E-state index contributed by atoms with van der Waals surface area (Å²) in [6.07, 6.45) is 20.8. The first-order chi connectivity index (χ1) is 12.2. The van der Waals surface area contributed by atoms with E-state index in [9.17, 15) is 9.90 Å². The SMILES string of the molecule is CCCCCCCCC=CCCCCCCCC(=O)SCC(O)CO. The molecule has 1 atom stereocenters. The highest BCUT2D eigenvalue weighted by molar-refractivity contribution is 8.13. The molecule has 0 spiro atoms. The number of carbonyl (C=O) groups excluding carboxylic acids is 1. The lowest BCUT2D eigenvalue weighted by atomic mass is 10.1. The van der Waals surface area contributed by atoms with Crippen molar-refractivity contribution in [2.24, 2.45) is 0 Å². The molecule has 4 heteroatoms. The molecule has 0 radical (unpaired) electrons. The zero-order valence-corrected chi connectivity index (χ0v) is 17.1. The molecule has 0 amide bonds. The molecule has 0 aliphatic carbocycles. The van der Waals surface area contributed by atoms with Gasteiger partial charge in [0, 0.05) is 12.2 Å². The lowest BCUT2D eigenvalue weighted by Crippen LogP contribution is -2.15. The number of thioether (sulfide) groups is 1. The molecule has 0 aromatic carbocycles. The first-order valence-corrected chi connectivity index (χ1v) is 11.3. The Kier molecular flexibility index (Phi) is 19.7. The van der Waals surface area contributed by atoms with Crippen LogP contribution in [0.1, 0.15) is 96.8 Å². The highest BCUT2D eigenvalue weighted by atomic mass is 32.2. The summed E-state index contributed by atoms with van der Waals surface area (Å²) in [5.74, 6) is 0.306. The van der Waals surface area contributed by atoms with Gasteiger partial charge in [0.15, 0.2) is 5.12 Å². The number of aliphatic hydroxyl groups excluding tert-OH is 2. The van der Waals surface area contributed by atoms with Crippen LogP contribution in [0.15, 0.2) is 12.2 Å². The standard InChI is InChI=1S/C21H40O3S/c1-2-3-4-5-6-7-8-9-10-11-12-13-14-15-16-17-21(24)25-19-20(23)18-22/h9-10,20,22-23H,2-8,11-19H2,1H3. The van der Waals surface area contributed by atoms with Gasteiger partial charge in [-0.2, -0.15) is 0 Å². The third kappa shape index (κ3) is 19.8. The summed E-state index contributed by atoms with van der Waals surface area (Å²) in [4.78, 5) is 11.6. The zero-order chi connectivity index (χ0) is 18.6. The van der Waals surface area contributed by atoms with Gasteiger partial charge in [0.25, 0.3) is 0 Å². The monoisotopic (exact) mass is 372 g/mol. The molecule has 0 aromatic rings. The Hall–Kier alpha value is -0.320. The summed E-state index contributed by atoms with van der Waals surface area (Å²) in [5.41, 5.74) is 0. The lowest BCUT2D eigenvalue weighted by Gasteiger charge is -2.05. The second-order valence-corrected chi connectivity index (χ2v) is 7.93. The van der Waals surface area contributed by atoms with Crippen LogP contribution in [0.25, 0.3) is 0 Å². The highest BCUT2D eigenvalue weighted by Gasteiger charge is 2.07. The molecule has 0 rings (SSSR count). The van der Waals surface area contributed by atoms with Gasteiger partial charge in [0.1, 0.15) is 0 Å². The molecule has 0 aromatic heterocycles. The lowest BCUT2D eigenvalue weighted by molar-refractivity contribution is -0.111. The molecular formula is C21H40O3S. The summed E-state index contributed by atoms with van der Waals surface area (Å²) in [5, 5.41) is 18.0. The summed E-state index contributed by atoms with van der Waals surface area (Å²) >= 11 is 1.14. The topological polar surface area (TPSA) is 57.5 Å². The van der Waals surface area contributed by atoms with Gasteiger partial charge in [-0.1, -0.05) is 82.2 Å². The van der Waals surface area contributed by atoms with Crippen LogP contribution in [0.2, 0.25) is 0 Å². The number of hydrogen-bond donors (Lipinski definition) is 2. The fourth-order valence-electron chi connectivity index (χ4n) is 2.65. The molecule has 25 heavy (non-hydrogen) atoms. The van der Waals surface area contributed by atoms with Crippen molar-refractivity contribution < 1.29 is 15.0 Å². The quantitative estimate of drug-likeness (QED) is 0.241. The highest BCUT2D eigenvalue weighted by Crippen LogP contribution is 2.13. The van der Waals surface area contributed by atoms with E-state index < -0.39 is 6.10 Å². The maximum atomic E-state index is 11.6. The fourth-order valence-corrected chi connectivity index (χ4v) is 3.43. The number of unbranched alkanes of at least 4 members (excludes halogenated alkanes) is 11. The molecule has 1 unspecified atom stereocenters. The molecule has 0 saturated heterocycles. The number of aliphatic hydroxyl groups is 2. The average Bonchev–Trinajstić information content (AvgIpc) is 2.62. The van der Waals surface area contributed by atoms with Crippen LogP contribution in [-0.4, -0.2) is 33.8 Å². The Bertz CT molecular complexity index is 318. The van der Waals surface area contributed by atoms with Crippen molar-refractivity contribution in [3.05, 3.63) is 12.2 Å². The number of carbonyl (C=O) groups is 1. The van der Waals surface area contributed by atoms with Crippen LogP contribution in [0, 0.1) is 0 Å². The largest absolute Gasteiger partial charge is 0.394 e. The van der Waals surface area contributed by atoms with Gasteiger partial charge in [0.2, 0.25) is 0 Å². The van der Waals surface area contributed by atoms with Gasteiger partial charge in [-0.05, 0) is 32.1 Å². The van der Waals surface area contributed by atoms with Crippen molar-refractivity contribution in [1.82, 2.24) is 0 Å². The minimum Gasteiger partial charge on any atom is -0.394 e. The van der Waals surface area contributed by atoms with E-state index in [1.54, 1.807) is 0 Å². The molecule has 0 fully saturated rings. The Morgan fingerprint density at radius 3 is 1.96 bits per heavy atom. The summed E-state index contributed by atoms with van der Waals surface area (Å²) in [6, 6.07) is 0. The van der Waals surface area contributed by atoms with Crippen LogP contribution < -0.4 is 0 Å². The van der Waals surface area contributed by atoms with E-state index in [2.05, 4.69) is 19.1 Å². The van der Waals surface area contributed by atoms with E-state index in [1.165, 1.54) is 70.6 Å². The zero-order valence-electron chi connectivity index (χ0n) is 16.3. The Labute approximate surface area is 159 Å². The normalized spacial score (nSPS) is 12.8. The molecule has 0 bridgehead atoms. The summed E-state index contributed by atoms with van der Waals surface area (Å²) in [7, 11) is 0. The third-order valence-electron chi connectivity index (χ3n) is 4.29. The number of rotatable bonds is 18. The molecule has 0 saturated carbocycles. The van der Waals surface area contributed by atoms with Gasteiger partial charge < -0.3 is 10.2 Å². The van der Waals surface area contributed by atoms with Crippen molar-refractivity contribution in [2.75, 3.05) is 12.4 Å². The van der Waals surface area contributed by atoms with Crippen molar-refractivity contribution in [3.8, 4) is 0 Å². The minimum absolute atomic E-state index is 0.130. The van der Waals surface area contributed by atoms with Gasteiger partial charge in [-0.25, -0.2) is 0 Å². The molecule has 3 nitrogen and oxygen atoms in total. The first-order valence-electron chi connectivity index (χ1n) is 10.3. The third-order valence-corrected chi connectivity index (χ3v) is 5.37. The fraction of sp³-hybridized carbons (Fsp3) is 0.857. The molecule has 0 heterocycles. The predicted octanol–water partition coefficient (Wildman–Crippen LogP) is 5.64. The maximum Gasteiger partial charge on any atom is 0.189 e. The Balaban J connectivity index is 3.22. The van der Waals surface area contributed by atoms with Gasteiger partial charge >= 0.3 is 0 Å². The molecular weight excluding hydrogens is 332 g/mol. The predicted molar refractivity (Wildman–Crippen MR) is 110 cm³/mol. The van der Waals surface area contributed by atoms with Crippen molar-refractivity contribution >= 4 is 16.9 Å². The van der Waals surface area contributed by atoms with Crippen LogP contribution in [0.4, 0.5) is 0 Å². The van der Waals surface area contributed by atoms with Crippen LogP contribution in [0.5, 0.6) is 0 Å². The van der Waals surface area contributed by atoms with Crippen molar-refractivity contribution in [2.45, 2.75) is 103 Å². The smallest absolute Gasteiger partial charge is 0.189 e. The Morgan fingerprint density at radius 2 is 1.40 bits per heavy atom. The second kappa shape index (κ2) is 20.0. The van der Waals surface area contributed by atoms with E-state index in [0.717, 1.165) is 24.6 Å². The van der Waals surface area contributed by atoms with E-state index in [-0.39, 0.29) is 11.7 Å². The van der Waals surface area contributed by atoms with Gasteiger partial charge in [-0.15, -0.1) is 0 Å². The van der Waals surface area contributed by atoms with Gasteiger partial charge in [0.05, 0.1) is 12.7 Å². The molecule has 0 aliphatic rings. The van der Waals surface area contributed by atoms with Crippen molar-refractivity contribution in [1.29, 1.82) is 0 Å². The Morgan fingerprint density at radius 1 is 0.880 bits per heavy atom. The maximum absolute atomic E-state index is 11.6. The number of allylic oxidation sites excluding steroid dienone is 2. The van der Waals surface area contributed by atoms with Gasteiger partial charge in [-0.3, -0.25) is 4.79 Å². The molecule has 2 N–H and O–H groups in total.